The molecule has 2 rings (SSSR count). The first-order valence-corrected chi connectivity index (χ1v) is 7.37. The van der Waals surface area contributed by atoms with Gasteiger partial charge in [0.1, 0.15) is 0 Å². The number of carbonyl (C=O) groups excluding carboxylic acids is 2. The van der Waals surface area contributed by atoms with Crippen molar-refractivity contribution in [3.05, 3.63) is 0 Å². The smallest absolute Gasteiger partial charge is 0.307 e. The number of ether oxygens (including phenoxy) is 4. The van der Waals surface area contributed by atoms with Gasteiger partial charge >= 0.3 is 5.97 Å². The summed E-state index contributed by atoms with van der Waals surface area (Å²) in [6.07, 6.45) is 1.56. The Hall–Kier alpha value is -1.18. The molecule has 2 heterocycles. The van der Waals surface area contributed by atoms with Gasteiger partial charge in [-0.1, -0.05) is 0 Å². The van der Waals surface area contributed by atoms with Crippen LogP contribution in [-0.2, 0) is 28.5 Å². The third-order valence-corrected chi connectivity index (χ3v) is 3.66. The average Bonchev–Trinajstić information content (AvgIpc) is 3.04. The number of hydrogen-bond acceptors (Lipinski definition) is 6. The Bertz CT molecular complexity index is 349. The number of nitrogens with zero attached hydrogens (tertiary/aromatic N) is 1. The van der Waals surface area contributed by atoms with Crippen LogP contribution in [0.2, 0.25) is 0 Å². The van der Waals surface area contributed by atoms with Crippen molar-refractivity contribution in [2.75, 3.05) is 46.6 Å². The van der Waals surface area contributed by atoms with Gasteiger partial charge in [-0.25, -0.2) is 0 Å². The fourth-order valence-electron chi connectivity index (χ4n) is 2.49. The van der Waals surface area contributed by atoms with Crippen LogP contribution in [-0.4, -0.2) is 75.6 Å². The van der Waals surface area contributed by atoms with Crippen LogP contribution in [0.25, 0.3) is 0 Å². The Morgan fingerprint density at radius 1 is 1.24 bits per heavy atom. The van der Waals surface area contributed by atoms with Crippen molar-refractivity contribution in [3.8, 4) is 0 Å². The summed E-state index contributed by atoms with van der Waals surface area (Å²) < 4.78 is 20.9. The maximum atomic E-state index is 12.5. The van der Waals surface area contributed by atoms with Gasteiger partial charge in [0, 0.05) is 19.7 Å². The quantitative estimate of drug-likeness (QED) is 0.642. The van der Waals surface area contributed by atoms with Gasteiger partial charge in [0.2, 0.25) is 0 Å². The molecule has 2 atom stereocenters. The molecule has 1 amide bonds. The van der Waals surface area contributed by atoms with E-state index in [1.807, 2.05) is 0 Å². The van der Waals surface area contributed by atoms with Crippen molar-refractivity contribution < 1.29 is 28.5 Å². The molecule has 21 heavy (non-hydrogen) atoms. The minimum Gasteiger partial charge on any atom is -0.469 e. The lowest BCUT2D eigenvalue weighted by Crippen LogP contribution is -2.48. The van der Waals surface area contributed by atoms with E-state index in [-0.39, 0.29) is 31.0 Å². The number of carbonyl (C=O) groups is 2. The SMILES string of the molecule is COC(=O)CCN(C[C@H]1CCCO1)C(=O)[C@@H]1COCCO1. The van der Waals surface area contributed by atoms with E-state index < -0.39 is 6.10 Å². The van der Waals surface area contributed by atoms with Crippen LogP contribution in [0.15, 0.2) is 0 Å². The molecule has 2 aliphatic rings. The minimum atomic E-state index is -0.585. The van der Waals surface area contributed by atoms with Gasteiger partial charge in [0.15, 0.2) is 6.10 Å². The first-order valence-electron chi connectivity index (χ1n) is 7.37. The van der Waals surface area contributed by atoms with Crippen molar-refractivity contribution in [1.29, 1.82) is 0 Å². The third kappa shape index (κ3) is 4.94. The number of methoxy groups -OCH3 is 1. The van der Waals surface area contributed by atoms with Gasteiger partial charge in [-0.15, -0.1) is 0 Å². The van der Waals surface area contributed by atoms with E-state index in [9.17, 15) is 9.59 Å². The molecule has 0 unspecified atom stereocenters. The van der Waals surface area contributed by atoms with Gasteiger partial charge in [-0.05, 0) is 12.8 Å². The Morgan fingerprint density at radius 2 is 2.10 bits per heavy atom. The van der Waals surface area contributed by atoms with E-state index in [0.717, 1.165) is 19.4 Å². The van der Waals surface area contributed by atoms with Gasteiger partial charge in [-0.3, -0.25) is 9.59 Å². The standard InChI is InChI=1S/C14H23NO6/c1-18-13(16)4-5-15(9-11-3-2-6-20-11)14(17)12-10-19-7-8-21-12/h11-12H,2-10H2,1H3/t11-,12+/m1/s1. The van der Waals surface area contributed by atoms with E-state index in [2.05, 4.69) is 4.74 Å². The fraction of sp³-hybridized carbons (Fsp3) is 0.857. The molecular formula is C14H23NO6. The highest BCUT2D eigenvalue weighted by molar-refractivity contribution is 5.81. The Morgan fingerprint density at radius 3 is 2.71 bits per heavy atom. The van der Waals surface area contributed by atoms with Crippen molar-refractivity contribution in [2.45, 2.75) is 31.5 Å². The van der Waals surface area contributed by atoms with Crippen LogP contribution in [0.4, 0.5) is 0 Å². The summed E-state index contributed by atoms with van der Waals surface area (Å²) in [5, 5.41) is 0. The number of esters is 1. The highest BCUT2D eigenvalue weighted by atomic mass is 16.6. The van der Waals surface area contributed by atoms with Gasteiger partial charge in [0.25, 0.3) is 5.91 Å². The predicted molar refractivity (Wildman–Crippen MR) is 72.7 cm³/mol. The van der Waals surface area contributed by atoms with Gasteiger partial charge < -0.3 is 23.8 Å². The summed E-state index contributed by atoms with van der Waals surface area (Å²) in [6, 6.07) is 0. The van der Waals surface area contributed by atoms with E-state index in [1.165, 1.54) is 7.11 Å². The lowest BCUT2D eigenvalue weighted by molar-refractivity contribution is -0.160. The summed E-state index contributed by atoms with van der Waals surface area (Å²) in [5.41, 5.74) is 0. The molecule has 120 valence electrons. The number of amides is 1. The lowest BCUT2D eigenvalue weighted by Gasteiger charge is -2.30. The molecule has 0 bridgehead atoms. The molecule has 0 aromatic rings. The second kappa shape index (κ2) is 8.31. The second-order valence-electron chi connectivity index (χ2n) is 5.18. The minimum absolute atomic E-state index is 0.0381. The monoisotopic (exact) mass is 301 g/mol. The maximum Gasteiger partial charge on any atom is 0.307 e. The Balaban J connectivity index is 1.91. The zero-order valence-electron chi connectivity index (χ0n) is 12.4. The Kier molecular flexibility index (Phi) is 6.41. The summed E-state index contributed by atoms with van der Waals surface area (Å²) >= 11 is 0. The summed E-state index contributed by atoms with van der Waals surface area (Å²) in [6.45, 7) is 2.71. The van der Waals surface area contributed by atoms with E-state index >= 15 is 0 Å². The zero-order valence-corrected chi connectivity index (χ0v) is 12.4. The molecule has 0 aromatic carbocycles. The topological polar surface area (TPSA) is 74.3 Å². The van der Waals surface area contributed by atoms with Crippen LogP contribution < -0.4 is 0 Å². The van der Waals surface area contributed by atoms with Crippen LogP contribution in [0.3, 0.4) is 0 Å². The number of hydrogen-bond donors (Lipinski definition) is 0. The summed E-state index contributed by atoms with van der Waals surface area (Å²) in [5.74, 6) is -0.477. The molecule has 2 saturated heterocycles. The van der Waals surface area contributed by atoms with Crippen LogP contribution in [0, 0.1) is 0 Å². The highest BCUT2D eigenvalue weighted by Crippen LogP contribution is 2.15. The molecule has 0 aromatic heterocycles. The van der Waals surface area contributed by atoms with Crippen molar-refractivity contribution in [3.63, 3.8) is 0 Å². The molecule has 0 saturated carbocycles. The summed E-state index contributed by atoms with van der Waals surface area (Å²) in [7, 11) is 1.34. The van der Waals surface area contributed by atoms with Crippen LogP contribution in [0.1, 0.15) is 19.3 Å². The predicted octanol–water partition coefficient (Wildman–Crippen LogP) is -0.0275. The molecule has 0 radical (unpaired) electrons. The molecular weight excluding hydrogens is 278 g/mol. The lowest BCUT2D eigenvalue weighted by atomic mass is 10.2. The molecule has 7 heteroatoms. The molecule has 2 aliphatic heterocycles. The molecule has 0 spiro atoms. The zero-order chi connectivity index (χ0) is 15.1. The van der Waals surface area contributed by atoms with Crippen LogP contribution in [0.5, 0.6) is 0 Å². The normalized spacial score (nSPS) is 25.6. The molecule has 7 nitrogen and oxygen atoms in total. The van der Waals surface area contributed by atoms with Gasteiger partial charge in [-0.2, -0.15) is 0 Å². The molecule has 0 aliphatic carbocycles. The van der Waals surface area contributed by atoms with Crippen molar-refractivity contribution in [1.82, 2.24) is 4.90 Å². The van der Waals surface area contributed by atoms with Gasteiger partial charge in [0.05, 0.1) is 39.5 Å². The fourth-order valence-corrected chi connectivity index (χ4v) is 2.49. The highest BCUT2D eigenvalue weighted by Gasteiger charge is 2.30. The Labute approximate surface area is 124 Å². The van der Waals surface area contributed by atoms with E-state index in [0.29, 0.717) is 26.3 Å². The van der Waals surface area contributed by atoms with E-state index in [1.54, 1.807) is 4.90 Å². The molecule has 0 N–H and O–H groups in total. The number of rotatable bonds is 6. The second-order valence-corrected chi connectivity index (χ2v) is 5.18. The van der Waals surface area contributed by atoms with Crippen LogP contribution >= 0.6 is 0 Å². The van der Waals surface area contributed by atoms with Crippen molar-refractivity contribution in [2.24, 2.45) is 0 Å². The summed E-state index contributed by atoms with van der Waals surface area (Å²) in [4.78, 5) is 25.4. The molecule has 2 fully saturated rings. The third-order valence-electron chi connectivity index (χ3n) is 3.66. The largest absolute Gasteiger partial charge is 0.469 e. The first-order chi connectivity index (χ1) is 10.2. The van der Waals surface area contributed by atoms with Crippen molar-refractivity contribution >= 4 is 11.9 Å². The average molecular weight is 301 g/mol. The first kappa shape index (κ1) is 16.2. The maximum absolute atomic E-state index is 12.5. The van der Waals surface area contributed by atoms with E-state index in [4.69, 9.17) is 14.2 Å².